The van der Waals surface area contributed by atoms with Gasteiger partial charge in [0.1, 0.15) is 11.4 Å². The molecule has 108 valence electrons. The number of methoxy groups -OCH3 is 1. The lowest BCUT2D eigenvalue weighted by Crippen LogP contribution is -2.24. The summed E-state index contributed by atoms with van der Waals surface area (Å²) in [7, 11) is 1.71. The van der Waals surface area contributed by atoms with E-state index in [1.165, 1.54) is 0 Å². The molecule has 2 aromatic rings. The first-order chi connectivity index (χ1) is 9.66. The van der Waals surface area contributed by atoms with Gasteiger partial charge in [-0.15, -0.1) is 0 Å². The summed E-state index contributed by atoms with van der Waals surface area (Å²) in [5, 5.41) is 0. The van der Waals surface area contributed by atoms with Crippen LogP contribution in [0.15, 0.2) is 12.1 Å². The molecule has 0 bridgehead atoms. The van der Waals surface area contributed by atoms with Gasteiger partial charge in [0, 0.05) is 25.7 Å². The van der Waals surface area contributed by atoms with Crippen LogP contribution in [0.4, 0.5) is 0 Å². The van der Waals surface area contributed by atoms with Gasteiger partial charge in [-0.05, 0) is 13.3 Å². The number of aromatic nitrogens is 2. The molecule has 1 N–H and O–H groups in total. The number of H-pyrrole nitrogens is 1. The first-order valence-corrected chi connectivity index (χ1v) is 7.01. The highest BCUT2D eigenvalue weighted by Gasteiger charge is 2.28. The van der Waals surface area contributed by atoms with Gasteiger partial charge in [-0.25, -0.2) is 4.98 Å². The quantitative estimate of drug-likeness (QED) is 0.936. The maximum atomic E-state index is 5.70. The molecule has 1 aromatic heterocycles. The lowest BCUT2D eigenvalue weighted by Gasteiger charge is -2.23. The van der Waals surface area contributed by atoms with E-state index in [1.54, 1.807) is 7.11 Å². The van der Waals surface area contributed by atoms with E-state index in [2.05, 4.69) is 16.9 Å². The molecule has 1 aliphatic heterocycles. The number of hydrogen-bond donors (Lipinski definition) is 1. The molecule has 0 saturated carbocycles. The van der Waals surface area contributed by atoms with Crippen LogP contribution in [0.5, 0.6) is 11.5 Å². The maximum absolute atomic E-state index is 5.70. The molecule has 0 radical (unpaired) electrons. The van der Waals surface area contributed by atoms with E-state index < -0.39 is 5.60 Å². The Labute approximate surface area is 118 Å². The molecule has 0 aliphatic carbocycles. The highest BCUT2D eigenvalue weighted by atomic mass is 16.5. The third-order valence-corrected chi connectivity index (χ3v) is 3.98. The minimum Gasteiger partial charge on any atom is -0.489 e. The Balaban J connectivity index is 2.08. The van der Waals surface area contributed by atoms with Crippen molar-refractivity contribution in [1.82, 2.24) is 9.97 Å². The Bertz CT molecular complexity index is 574. The van der Waals surface area contributed by atoms with Crippen LogP contribution in [0.3, 0.4) is 0 Å². The topological polar surface area (TPSA) is 56.4 Å². The van der Waals surface area contributed by atoms with E-state index in [1.807, 2.05) is 19.1 Å². The Morgan fingerprint density at radius 3 is 2.65 bits per heavy atom. The zero-order valence-electron chi connectivity index (χ0n) is 12.2. The molecule has 20 heavy (non-hydrogen) atoms. The number of hydrogen-bond acceptors (Lipinski definition) is 4. The van der Waals surface area contributed by atoms with Gasteiger partial charge >= 0.3 is 0 Å². The van der Waals surface area contributed by atoms with Crippen molar-refractivity contribution in [1.29, 1.82) is 0 Å². The molecule has 3 rings (SSSR count). The molecule has 2 heterocycles. The summed E-state index contributed by atoms with van der Waals surface area (Å²) in [6.45, 7) is 5.48. The number of benzene rings is 1. The second kappa shape index (κ2) is 4.98. The maximum Gasteiger partial charge on any atom is 0.163 e. The normalized spacial score (nSPS) is 17.8. The van der Waals surface area contributed by atoms with E-state index in [9.17, 15) is 0 Å². The van der Waals surface area contributed by atoms with Crippen molar-refractivity contribution in [3.8, 4) is 11.5 Å². The highest BCUT2D eigenvalue weighted by Crippen LogP contribution is 2.35. The molecule has 1 aliphatic rings. The Morgan fingerprint density at radius 2 is 2.00 bits per heavy atom. The summed E-state index contributed by atoms with van der Waals surface area (Å²) in [6, 6.07) is 3.89. The van der Waals surface area contributed by atoms with Crippen LogP contribution in [-0.2, 0) is 10.3 Å². The average Bonchev–Trinajstić information content (AvgIpc) is 2.75. The molecule has 1 unspecified atom stereocenters. The Morgan fingerprint density at radius 1 is 1.30 bits per heavy atom. The van der Waals surface area contributed by atoms with Crippen molar-refractivity contribution in [2.45, 2.75) is 32.3 Å². The Kier molecular flexibility index (Phi) is 3.30. The fourth-order valence-corrected chi connectivity index (χ4v) is 2.33. The predicted molar refractivity (Wildman–Crippen MR) is 76.4 cm³/mol. The summed E-state index contributed by atoms with van der Waals surface area (Å²) in [6.07, 6.45) is 1.74. The third kappa shape index (κ3) is 2.12. The zero-order valence-corrected chi connectivity index (χ0v) is 12.2. The fourth-order valence-electron chi connectivity index (χ4n) is 2.33. The second-order valence-electron chi connectivity index (χ2n) is 5.24. The molecular formula is C15H20N2O3. The number of nitrogens with one attached hydrogen (secondary N) is 1. The number of aromatic amines is 1. The van der Waals surface area contributed by atoms with Gasteiger partial charge in [-0.1, -0.05) is 6.92 Å². The van der Waals surface area contributed by atoms with Crippen LogP contribution in [0.2, 0.25) is 0 Å². The summed E-state index contributed by atoms with van der Waals surface area (Å²) in [5.41, 5.74) is 1.42. The Hall–Kier alpha value is -1.75. The smallest absolute Gasteiger partial charge is 0.163 e. The molecule has 1 aromatic carbocycles. The molecule has 0 amide bonds. The lowest BCUT2D eigenvalue weighted by molar-refractivity contribution is -0.00803. The number of fused-ring (bicyclic) bond motifs is 2. The molecule has 0 saturated heterocycles. The number of ether oxygens (including phenoxy) is 3. The van der Waals surface area contributed by atoms with Gasteiger partial charge in [-0.3, -0.25) is 0 Å². The van der Waals surface area contributed by atoms with Gasteiger partial charge in [0.15, 0.2) is 11.5 Å². The average molecular weight is 276 g/mol. The molecule has 0 spiro atoms. The predicted octanol–water partition coefficient (Wildman–Crippen LogP) is 3.00. The highest BCUT2D eigenvalue weighted by molar-refractivity contribution is 5.80. The number of rotatable bonds is 3. The van der Waals surface area contributed by atoms with E-state index in [4.69, 9.17) is 14.2 Å². The third-order valence-electron chi connectivity index (χ3n) is 3.98. The van der Waals surface area contributed by atoms with Gasteiger partial charge in [-0.2, -0.15) is 0 Å². The van der Waals surface area contributed by atoms with Crippen LogP contribution >= 0.6 is 0 Å². The first-order valence-electron chi connectivity index (χ1n) is 7.01. The molecule has 1 atom stereocenters. The summed E-state index contributed by atoms with van der Waals surface area (Å²) >= 11 is 0. The molecular weight excluding hydrogens is 256 g/mol. The first kappa shape index (κ1) is 13.2. The monoisotopic (exact) mass is 276 g/mol. The number of imidazole rings is 1. The van der Waals surface area contributed by atoms with Crippen molar-refractivity contribution in [2.75, 3.05) is 20.3 Å². The van der Waals surface area contributed by atoms with Crippen molar-refractivity contribution in [3.05, 3.63) is 18.0 Å². The molecule has 0 fully saturated rings. The van der Waals surface area contributed by atoms with Crippen LogP contribution in [0.1, 0.15) is 32.5 Å². The van der Waals surface area contributed by atoms with Gasteiger partial charge in [0.05, 0.1) is 24.2 Å². The molecule has 5 heteroatoms. The van der Waals surface area contributed by atoms with Gasteiger partial charge in [0.2, 0.25) is 0 Å². The van der Waals surface area contributed by atoms with Crippen molar-refractivity contribution < 1.29 is 14.2 Å². The van der Waals surface area contributed by atoms with Crippen LogP contribution in [0, 0.1) is 0 Å². The van der Waals surface area contributed by atoms with Crippen molar-refractivity contribution in [3.63, 3.8) is 0 Å². The largest absolute Gasteiger partial charge is 0.489 e. The minimum absolute atomic E-state index is 0.405. The van der Waals surface area contributed by atoms with E-state index in [-0.39, 0.29) is 0 Å². The van der Waals surface area contributed by atoms with Crippen molar-refractivity contribution >= 4 is 11.0 Å². The van der Waals surface area contributed by atoms with E-state index in [0.717, 1.165) is 41.2 Å². The van der Waals surface area contributed by atoms with Gasteiger partial charge in [0.25, 0.3) is 0 Å². The van der Waals surface area contributed by atoms with Gasteiger partial charge < -0.3 is 19.2 Å². The second-order valence-corrected chi connectivity index (χ2v) is 5.24. The molecule has 5 nitrogen and oxygen atoms in total. The summed E-state index contributed by atoms with van der Waals surface area (Å²) < 4.78 is 17.0. The number of nitrogens with zero attached hydrogens (tertiary/aromatic N) is 1. The van der Waals surface area contributed by atoms with E-state index >= 15 is 0 Å². The standard InChI is InChI=1S/C15H20N2O3/c1-4-15(2,18-3)14-16-10-8-12-13(9-11(10)17-14)20-7-5-6-19-12/h8-9H,4-7H2,1-3H3,(H,16,17). The van der Waals surface area contributed by atoms with Crippen LogP contribution in [-0.4, -0.2) is 30.3 Å². The van der Waals surface area contributed by atoms with Crippen LogP contribution < -0.4 is 9.47 Å². The summed E-state index contributed by atoms with van der Waals surface area (Å²) in [4.78, 5) is 7.99. The fraction of sp³-hybridized carbons (Fsp3) is 0.533. The SMILES string of the molecule is CCC(C)(OC)c1nc2cc3c(cc2[nH]1)OCCCO3. The summed E-state index contributed by atoms with van der Waals surface area (Å²) in [5.74, 6) is 2.38. The van der Waals surface area contributed by atoms with Crippen molar-refractivity contribution in [2.24, 2.45) is 0 Å². The van der Waals surface area contributed by atoms with E-state index in [0.29, 0.717) is 13.2 Å². The van der Waals surface area contributed by atoms with Crippen LogP contribution in [0.25, 0.3) is 11.0 Å². The lowest BCUT2D eigenvalue weighted by atomic mass is 10.0. The zero-order chi connectivity index (χ0) is 14.2. The minimum atomic E-state index is -0.405.